The van der Waals surface area contributed by atoms with Crippen molar-refractivity contribution >= 4 is 5.91 Å². The molecule has 1 unspecified atom stereocenters. The van der Waals surface area contributed by atoms with Gasteiger partial charge in [0.25, 0.3) is 5.91 Å². The van der Waals surface area contributed by atoms with Crippen LogP contribution in [0.15, 0.2) is 23.1 Å². The predicted octanol–water partition coefficient (Wildman–Crippen LogP) is 2.01. The van der Waals surface area contributed by atoms with Gasteiger partial charge in [0.2, 0.25) is 5.56 Å². The normalized spacial score (nSPS) is 26.3. The molecule has 1 saturated carbocycles. The van der Waals surface area contributed by atoms with E-state index in [1.807, 2.05) is 4.90 Å². The topological polar surface area (TPSA) is 65.6 Å². The van der Waals surface area contributed by atoms with Gasteiger partial charge in [-0.25, -0.2) is 0 Å². The van der Waals surface area contributed by atoms with Gasteiger partial charge in [0.1, 0.15) is 0 Å². The fraction of sp³-hybridized carbons (Fsp3) is 0.700. The average Bonchev–Trinajstić information content (AvgIpc) is 3.05. The first-order valence-electron chi connectivity index (χ1n) is 10.0. The number of carbonyl (C=O) groups is 1. The Bertz CT molecular complexity index is 667. The van der Waals surface area contributed by atoms with Gasteiger partial charge in [-0.05, 0) is 31.7 Å². The number of rotatable bonds is 3. The van der Waals surface area contributed by atoms with Gasteiger partial charge in [-0.1, -0.05) is 19.3 Å². The smallest absolute Gasteiger partial charge is 0.255 e. The van der Waals surface area contributed by atoms with Gasteiger partial charge in [-0.15, -0.1) is 0 Å². The summed E-state index contributed by atoms with van der Waals surface area (Å²) in [5.74, 6) is -0.000764. The van der Waals surface area contributed by atoms with Crippen molar-refractivity contribution in [1.82, 2.24) is 14.8 Å². The number of piperazine rings is 1. The SMILES string of the molecule is O=C(c1ccc(=O)[nH]c1)N1CCN(CC2CCC3(CCCCC3)O2)CC1. The standard InChI is InChI=1S/C20H29N3O3/c24-18-5-4-16(14-21-18)19(25)23-12-10-22(11-13-23)15-17-6-9-20(26-17)7-2-1-3-8-20/h4-5,14,17H,1-3,6-13,15H2,(H,21,24). The first-order valence-corrected chi connectivity index (χ1v) is 10.0. The Morgan fingerprint density at radius 1 is 1.12 bits per heavy atom. The molecule has 142 valence electrons. The van der Waals surface area contributed by atoms with Crippen LogP contribution in [-0.2, 0) is 4.74 Å². The number of aromatic nitrogens is 1. The summed E-state index contributed by atoms with van der Waals surface area (Å²) in [6.45, 7) is 4.23. The van der Waals surface area contributed by atoms with Crippen LogP contribution in [0.1, 0.15) is 55.3 Å². The zero-order valence-electron chi connectivity index (χ0n) is 15.4. The van der Waals surface area contributed by atoms with Gasteiger partial charge in [-0.2, -0.15) is 0 Å². The molecule has 6 heteroatoms. The van der Waals surface area contributed by atoms with Crippen molar-refractivity contribution in [3.05, 3.63) is 34.2 Å². The highest BCUT2D eigenvalue weighted by Gasteiger charge is 2.41. The van der Waals surface area contributed by atoms with E-state index < -0.39 is 0 Å². The maximum atomic E-state index is 12.5. The van der Waals surface area contributed by atoms with Crippen LogP contribution < -0.4 is 5.56 Å². The molecule has 3 aliphatic rings. The van der Waals surface area contributed by atoms with Crippen molar-refractivity contribution in [3.63, 3.8) is 0 Å². The highest BCUT2D eigenvalue weighted by molar-refractivity contribution is 5.93. The summed E-state index contributed by atoms with van der Waals surface area (Å²) in [5, 5.41) is 0. The summed E-state index contributed by atoms with van der Waals surface area (Å²) in [6, 6.07) is 3.01. The Morgan fingerprint density at radius 2 is 1.88 bits per heavy atom. The molecule has 3 heterocycles. The fourth-order valence-electron chi connectivity index (χ4n) is 4.74. The van der Waals surface area contributed by atoms with E-state index in [0.29, 0.717) is 11.7 Å². The molecule has 26 heavy (non-hydrogen) atoms. The van der Waals surface area contributed by atoms with Crippen molar-refractivity contribution in [2.75, 3.05) is 32.7 Å². The molecule has 6 nitrogen and oxygen atoms in total. The lowest BCUT2D eigenvalue weighted by Crippen LogP contribution is -2.50. The molecule has 1 atom stereocenters. The van der Waals surface area contributed by atoms with Crippen molar-refractivity contribution in [1.29, 1.82) is 0 Å². The number of nitrogens with one attached hydrogen (secondary N) is 1. The fourth-order valence-corrected chi connectivity index (χ4v) is 4.74. The molecular weight excluding hydrogens is 330 g/mol. The molecule has 1 aliphatic carbocycles. The van der Waals surface area contributed by atoms with E-state index in [9.17, 15) is 9.59 Å². The van der Waals surface area contributed by atoms with Gasteiger partial charge in [0.05, 0.1) is 17.3 Å². The van der Waals surface area contributed by atoms with Crippen LogP contribution in [-0.4, -0.2) is 65.1 Å². The van der Waals surface area contributed by atoms with Gasteiger partial charge in [-0.3, -0.25) is 14.5 Å². The number of amides is 1. The molecule has 2 aliphatic heterocycles. The van der Waals surface area contributed by atoms with Crippen LogP contribution in [0.4, 0.5) is 0 Å². The second-order valence-electron chi connectivity index (χ2n) is 8.06. The van der Waals surface area contributed by atoms with Crippen molar-refractivity contribution in [2.24, 2.45) is 0 Å². The zero-order chi connectivity index (χ0) is 18.0. The number of carbonyl (C=O) groups excluding carboxylic acids is 1. The Kier molecular flexibility index (Phi) is 5.14. The van der Waals surface area contributed by atoms with E-state index in [1.54, 1.807) is 6.07 Å². The maximum Gasteiger partial charge on any atom is 0.255 e. The molecule has 1 spiro atoms. The molecule has 1 aromatic heterocycles. The average molecular weight is 359 g/mol. The first kappa shape index (κ1) is 17.7. The monoisotopic (exact) mass is 359 g/mol. The van der Waals surface area contributed by atoms with Crippen molar-refractivity contribution < 1.29 is 9.53 Å². The second-order valence-corrected chi connectivity index (χ2v) is 8.06. The van der Waals surface area contributed by atoms with E-state index >= 15 is 0 Å². The van der Waals surface area contributed by atoms with E-state index in [4.69, 9.17) is 4.74 Å². The Balaban J connectivity index is 1.25. The first-order chi connectivity index (χ1) is 12.6. The van der Waals surface area contributed by atoms with E-state index in [1.165, 1.54) is 57.2 Å². The van der Waals surface area contributed by atoms with Crippen LogP contribution in [0.5, 0.6) is 0 Å². The summed E-state index contributed by atoms with van der Waals surface area (Å²) in [4.78, 5) is 30.6. The summed E-state index contributed by atoms with van der Waals surface area (Å²) < 4.78 is 6.49. The van der Waals surface area contributed by atoms with E-state index in [0.717, 1.165) is 32.7 Å². The molecule has 2 saturated heterocycles. The third kappa shape index (κ3) is 3.86. The number of pyridine rings is 1. The lowest BCUT2D eigenvalue weighted by atomic mass is 9.83. The minimum atomic E-state index is -0.182. The molecule has 1 N–H and O–H groups in total. The summed E-state index contributed by atoms with van der Waals surface area (Å²) in [6.07, 6.45) is 10.7. The number of aromatic amines is 1. The largest absolute Gasteiger partial charge is 0.370 e. The molecular formula is C20H29N3O3. The minimum Gasteiger partial charge on any atom is -0.370 e. The molecule has 4 rings (SSSR count). The Morgan fingerprint density at radius 3 is 2.58 bits per heavy atom. The Hall–Kier alpha value is -1.66. The minimum absolute atomic E-state index is 0.000764. The summed E-state index contributed by atoms with van der Waals surface area (Å²) >= 11 is 0. The van der Waals surface area contributed by atoms with Crippen LogP contribution in [0.25, 0.3) is 0 Å². The summed E-state index contributed by atoms with van der Waals surface area (Å²) in [7, 11) is 0. The van der Waals surface area contributed by atoms with E-state index in [-0.39, 0.29) is 17.1 Å². The van der Waals surface area contributed by atoms with Gasteiger partial charge in [0, 0.05) is 45.0 Å². The predicted molar refractivity (Wildman–Crippen MR) is 99.3 cm³/mol. The van der Waals surface area contributed by atoms with Crippen molar-refractivity contribution in [3.8, 4) is 0 Å². The molecule has 0 radical (unpaired) electrons. The van der Waals surface area contributed by atoms with Gasteiger partial charge < -0.3 is 14.6 Å². The second kappa shape index (κ2) is 7.53. The zero-order valence-corrected chi connectivity index (χ0v) is 15.4. The summed E-state index contributed by atoms with van der Waals surface area (Å²) in [5.41, 5.74) is 0.556. The molecule has 0 aromatic carbocycles. The number of nitrogens with zero attached hydrogens (tertiary/aromatic N) is 2. The quantitative estimate of drug-likeness (QED) is 0.897. The number of H-pyrrole nitrogens is 1. The van der Waals surface area contributed by atoms with Crippen molar-refractivity contribution in [2.45, 2.75) is 56.7 Å². The third-order valence-electron chi connectivity index (χ3n) is 6.26. The molecule has 1 aromatic rings. The van der Waals surface area contributed by atoms with Crippen LogP contribution >= 0.6 is 0 Å². The van der Waals surface area contributed by atoms with Crippen LogP contribution in [0.3, 0.4) is 0 Å². The van der Waals surface area contributed by atoms with Crippen LogP contribution in [0, 0.1) is 0 Å². The number of hydrogen-bond acceptors (Lipinski definition) is 4. The lowest BCUT2D eigenvalue weighted by Gasteiger charge is -2.37. The third-order valence-corrected chi connectivity index (χ3v) is 6.26. The maximum absolute atomic E-state index is 12.5. The van der Waals surface area contributed by atoms with E-state index in [2.05, 4.69) is 9.88 Å². The highest BCUT2D eigenvalue weighted by Crippen LogP contribution is 2.42. The lowest BCUT2D eigenvalue weighted by molar-refractivity contribution is -0.0737. The van der Waals surface area contributed by atoms with Gasteiger partial charge >= 0.3 is 0 Å². The van der Waals surface area contributed by atoms with Crippen LogP contribution in [0.2, 0.25) is 0 Å². The number of ether oxygens (including phenoxy) is 1. The van der Waals surface area contributed by atoms with Gasteiger partial charge in [0.15, 0.2) is 0 Å². The molecule has 3 fully saturated rings. The Labute approximate surface area is 154 Å². The molecule has 1 amide bonds. The molecule has 0 bridgehead atoms. The number of hydrogen-bond donors (Lipinski definition) is 1. The highest BCUT2D eigenvalue weighted by atomic mass is 16.5.